The molecule has 0 unspecified atom stereocenters. The van der Waals surface area contributed by atoms with Gasteiger partial charge >= 0.3 is 0 Å². The molecular formula is C15H18O7. The van der Waals surface area contributed by atoms with Gasteiger partial charge in [-0.2, -0.15) is 0 Å². The average molecular weight is 311 g/mol. The highest BCUT2D eigenvalue weighted by Crippen LogP contribution is 2.08. The maximum atomic E-state index is 11.8. The van der Waals surface area contributed by atoms with Gasteiger partial charge in [0.1, 0.15) is 24.4 Å². The third-order valence-electron chi connectivity index (χ3n) is 2.92. The minimum Gasteiger partial charge on any atom is -0.394 e. The predicted molar refractivity (Wildman–Crippen MR) is 76.6 cm³/mol. The van der Waals surface area contributed by atoms with Gasteiger partial charge in [-0.1, -0.05) is 36.4 Å². The Balaban J connectivity index is 2.83. The summed E-state index contributed by atoms with van der Waals surface area (Å²) in [5.41, 5.74) is 0.490. The van der Waals surface area contributed by atoms with Gasteiger partial charge in [0.25, 0.3) is 0 Å². The fourth-order valence-electron chi connectivity index (χ4n) is 1.58. The lowest BCUT2D eigenvalue weighted by Crippen LogP contribution is -2.49. The van der Waals surface area contributed by atoms with Gasteiger partial charge in [0.05, 0.1) is 7.98 Å². The number of hydrogen-bond donors (Lipinski definition) is 5. The highest BCUT2D eigenvalue weighted by molar-refractivity contribution is 6.43. The monoisotopic (exact) mass is 311 g/mol. The molecule has 4 atom stereocenters. The Hall–Kier alpha value is -1.90. The van der Waals surface area contributed by atoms with E-state index in [0.717, 1.165) is 6.08 Å². The minimum atomic E-state index is -2.33. The van der Waals surface area contributed by atoms with Crippen LogP contribution in [0.15, 0.2) is 36.4 Å². The number of benzene rings is 1. The van der Waals surface area contributed by atoms with E-state index in [9.17, 15) is 24.9 Å². The van der Waals surface area contributed by atoms with Crippen LogP contribution in [-0.2, 0) is 9.59 Å². The van der Waals surface area contributed by atoms with Gasteiger partial charge in [-0.3, -0.25) is 9.59 Å². The lowest BCUT2D eigenvalue weighted by Gasteiger charge is -2.24. The second-order valence-corrected chi connectivity index (χ2v) is 4.57. The van der Waals surface area contributed by atoms with E-state index in [4.69, 9.17) is 11.6 Å². The van der Waals surface area contributed by atoms with E-state index in [-0.39, 0.29) is 0 Å². The van der Waals surface area contributed by atoms with Crippen LogP contribution in [0, 0.1) is 0 Å². The summed E-state index contributed by atoms with van der Waals surface area (Å²) in [4.78, 5) is 23.5. The largest absolute Gasteiger partial charge is 0.394 e. The van der Waals surface area contributed by atoms with Crippen LogP contribution in [0.2, 0.25) is 0 Å². The normalized spacial score (nSPS) is 18.0. The standard InChI is InChI=1S/C15H18O7/c16-8-11(18)13(20)15(22)14(21)12(19)10(17)7-6-9-4-2-1-3-5-9/h1-7,11,13-16,18,20-22H,8H2/t11-,13-,14+,15+/m1/s1/i7D. The summed E-state index contributed by atoms with van der Waals surface area (Å²) in [6.07, 6.45) is -7.23. The summed E-state index contributed by atoms with van der Waals surface area (Å²) >= 11 is 0. The van der Waals surface area contributed by atoms with Gasteiger partial charge in [0, 0.05) is 0 Å². The van der Waals surface area contributed by atoms with Crippen molar-refractivity contribution in [3.05, 3.63) is 41.9 Å². The van der Waals surface area contributed by atoms with Crippen molar-refractivity contribution in [3.8, 4) is 0 Å². The Labute approximate surface area is 128 Å². The fraction of sp³-hybridized carbons (Fsp3) is 0.333. The molecule has 7 nitrogen and oxygen atoms in total. The van der Waals surface area contributed by atoms with Crippen LogP contribution in [0.1, 0.15) is 6.93 Å². The van der Waals surface area contributed by atoms with E-state index >= 15 is 0 Å². The number of rotatable bonds is 8. The Kier molecular flexibility index (Phi) is 6.38. The maximum Gasteiger partial charge on any atom is 0.233 e. The second-order valence-electron chi connectivity index (χ2n) is 4.57. The molecular weight excluding hydrogens is 292 g/mol. The Morgan fingerprint density at radius 2 is 1.68 bits per heavy atom. The first-order valence-corrected chi connectivity index (χ1v) is 6.44. The zero-order valence-electron chi connectivity index (χ0n) is 12.5. The number of ketones is 2. The number of allylic oxidation sites excluding steroid dienone is 1. The fourth-order valence-corrected chi connectivity index (χ4v) is 1.58. The first-order valence-electron chi connectivity index (χ1n) is 6.94. The third kappa shape index (κ3) is 4.83. The van der Waals surface area contributed by atoms with E-state index in [0.29, 0.717) is 5.56 Å². The van der Waals surface area contributed by atoms with E-state index in [1.54, 1.807) is 30.3 Å². The van der Waals surface area contributed by atoms with Gasteiger partial charge < -0.3 is 25.5 Å². The molecule has 0 amide bonds. The van der Waals surface area contributed by atoms with Gasteiger partial charge in [0.15, 0.2) is 0 Å². The van der Waals surface area contributed by atoms with Crippen LogP contribution < -0.4 is 0 Å². The molecule has 0 bridgehead atoms. The molecule has 0 fully saturated rings. The Morgan fingerprint density at radius 1 is 1.09 bits per heavy atom. The van der Waals surface area contributed by atoms with E-state index in [2.05, 4.69) is 0 Å². The number of carbonyl (C=O) groups excluding carboxylic acids is 2. The lowest BCUT2D eigenvalue weighted by molar-refractivity contribution is -0.152. The smallest absolute Gasteiger partial charge is 0.233 e. The lowest BCUT2D eigenvalue weighted by atomic mass is 9.98. The van der Waals surface area contributed by atoms with Crippen molar-refractivity contribution in [1.82, 2.24) is 0 Å². The van der Waals surface area contributed by atoms with Crippen LogP contribution >= 0.6 is 0 Å². The second kappa shape index (κ2) is 8.52. The maximum absolute atomic E-state index is 11.8. The zero-order chi connectivity index (χ0) is 17.6. The van der Waals surface area contributed by atoms with Crippen molar-refractivity contribution >= 4 is 17.6 Å². The molecule has 0 aliphatic rings. The van der Waals surface area contributed by atoms with Crippen molar-refractivity contribution < 1.29 is 36.5 Å². The average Bonchev–Trinajstić information content (AvgIpc) is 2.58. The molecule has 1 aromatic rings. The summed E-state index contributed by atoms with van der Waals surface area (Å²) < 4.78 is 7.55. The van der Waals surface area contributed by atoms with Gasteiger partial charge in [-0.25, -0.2) is 0 Å². The molecule has 120 valence electrons. The Bertz CT molecular complexity index is 572. The third-order valence-corrected chi connectivity index (χ3v) is 2.92. The van der Waals surface area contributed by atoms with Crippen molar-refractivity contribution in [2.45, 2.75) is 24.4 Å². The van der Waals surface area contributed by atoms with Crippen LogP contribution in [0.25, 0.3) is 6.08 Å². The molecule has 0 aromatic heterocycles. The van der Waals surface area contributed by atoms with Crippen molar-refractivity contribution in [2.24, 2.45) is 0 Å². The van der Waals surface area contributed by atoms with Gasteiger partial charge in [-0.05, 0) is 11.6 Å². The predicted octanol–water partition coefficient (Wildman–Crippen LogP) is -1.73. The molecule has 0 saturated carbocycles. The molecule has 0 heterocycles. The van der Waals surface area contributed by atoms with E-state index < -0.39 is 48.6 Å². The Morgan fingerprint density at radius 3 is 2.23 bits per heavy atom. The van der Waals surface area contributed by atoms with Crippen LogP contribution in [0.5, 0.6) is 0 Å². The molecule has 22 heavy (non-hydrogen) atoms. The zero-order valence-corrected chi connectivity index (χ0v) is 11.5. The molecule has 1 aromatic carbocycles. The van der Waals surface area contributed by atoms with E-state index in [1.165, 1.54) is 0 Å². The number of carbonyl (C=O) groups is 2. The number of aliphatic hydroxyl groups excluding tert-OH is 5. The molecule has 5 N–H and O–H groups in total. The van der Waals surface area contributed by atoms with Crippen LogP contribution in [0.4, 0.5) is 0 Å². The summed E-state index contributed by atoms with van der Waals surface area (Å²) in [6.45, 7) is -0.912. The van der Waals surface area contributed by atoms with Gasteiger partial charge in [0.2, 0.25) is 11.6 Å². The minimum absolute atomic E-state index is 0.490. The quantitative estimate of drug-likeness (QED) is 0.284. The molecule has 1 rings (SSSR count). The topological polar surface area (TPSA) is 135 Å². The molecule has 7 heteroatoms. The molecule has 0 spiro atoms. The first kappa shape index (κ1) is 16.5. The van der Waals surface area contributed by atoms with Crippen LogP contribution in [-0.4, -0.2) is 68.1 Å². The first-order chi connectivity index (χ1) is 10.8. The number of aliphatic hydroxyl groups is 5. The van der Waals surface area contributed by atoms with E-state index in [1.807, 2.05) is 0 Å². The highest BCUT2D eigenvalue weighted by atomic mass is 16.4. The summed E-state index contributed by atoms with van der Waals surface area (Å²) in [5, 5.41) is 46.4. The number of Topliss-reactive ketones (excluding diaryl/α,β-unsaturated/α-hetero) is 1. The molecule has 0 saturated heterocycles. The number of hydrogen-bond acceptors (Lipinski definition) is 7. The molecule has 0 aliphatic carbocycles. The van der Waals surface area contributed by atoms with Gasteiger partial charge in [-0.15, -0.1) is 0 Å². The summed E-state index contributed by atoms with van der Waals surface area (Å²) in [5.74, 6) is -2.86. The molecule has 0 radical (unpaired) electrons. The van der Waals surface area contributed by atoms with Crippen molar-refractivity contribution in [1.29, 1.82) is 0 Å². The summed E-state index contributed by atoms with van der Waals surface area (Å²) in [6, 6.07) is 7.54. The summed E-state index contributed by atoms with van der Waals surface area (Å²) in [7, 11) is 0. The highest BCUT2D eigenvalue weighted by Gasteiger charge is 2.35. The van der Waals surface area contributed by atoms with Crippen molar-refractivity contribution in [2.75, 3.05) is 6.61 Å². The molecule has 0 aliphatic heterocycles. The SMILES string of the molecule is [2H]C(=Cc1ccccc1)C(=O)C(=O)[C@H](O)[C@@H](O)[C@H](O)[C@H](O)CO. The van der Waals surface area contributed by atoms with Crippen LogP contribution in [0.3, 0.4) is 0 Å². The van der Waals surface area contributed by atoms with Crippen molar-refractivity contribution in [3.63, 3.8) is 0 Å².